The van der Waals surface area contributed by atoms with Crippen molar-refractivity contribution in [3.8, 4) is 0 Å². The first-order valence-electron chi connectivity index (χ1n) is 6.01. The van der Waals surface area contributed by atoms with Gasteiger partial charge in [-0.15, -0.1) is 0 Å². The minimum absolute atomic E-state index is 0.109. The van der Waals surface area contributed by atoms with Crippen LogP contribution in [-0.4, -0.2) is 43.2 Å². The average Bonchev–Trinajstić information content (AvgIpc) is 2.28. The smallest absolute Gasteiger partial charge is 0.120 e. The molecule has 0 saturated carbocycles. The maximum atomic E-state index is 13.5. The van der Waals surface area contributed by atoms with Crippen LogP contribution in [0.2, 0.25) is 0 Å². The Morgan fingerprint density at radius 3 is 2.76 bits per heavy atom. The third-order valence-electron chi connectivity index (χ3n) is 3.47. The van der Waals surface area contributed by atoms with Gasteiger partial charge in [0, 0.05) is 16.6 Å². The van der Waals surface area contributed by atoms with Gasteiger partial charge in [0.15, 0.2) is 0 Å². The molecular weight excluding hydrogens is 285 g/mol. The van der Waals surface area contributed by atoms with E-state index in [1.54, 1.807) is 0 Å². The van der Waals surface area contributed by atoms with E-state index < -0.39 is 6.04 Å². The van der Waals surface area contributed by atoms with Gasteiger partial charge in [-0.2, -0.15) is 0 Å². The van der Waals surface area contributed by atoms with Crippen LogP contribution >= 0.6 is 15.9 Å². The molecule has 1 saturated heterocycles. The summed E-state index contributed by atoms with van der Waals surface area (Å²) in [6.07, 6.45) is 5.58. The Hall–Kier alpha value is -0.230. The van der Waals surface area contributed by atoms with E-state index in [9.17, 15) is 4.39 Å². The fraction of sp³-hybridized carbons (Fsp3) is 0.667. The molecule has 0 radical (unpaired) electrons. The molecule has 2 atom stereocenters. The Bertz CT molecular complexity index is 335. The summed E-state index contributed by atoms with van der Waals surface area (Å²) >= 11 is 3.31. The van der Waals surface area contributed by atoms with Crippen molar-refractivity contribution in [2.24, 2.45) is 5.73 Å². The van der Waals surface area contributed by atoms with Gasteiger partial charge < -0.3 is 16.0 Å². The van der Waals surface area contributed by atoms with E-state index in [1.807, 2.05) is 6.08 Å². The third kappa shape index (κ3) is 3.37. The van der Waals surface area contributed by atoms with E-state index in [2.05, 4.69) is 33.2 Å². The van der Waals surface area contributed by atoms with E-state index >= 15 is 0 Å². The van der Waals surface area contributed by atoms with Crippen LogP contribution in [0.25, 0.3) is 0 Å². The number of rotatable bonds is 2. The molecule has 1 heterocycles. The number of hydrogen-bond acceptors (Lipinski definition) is 3. The number of nitrogens with two attached hydrogens (primary N) is 1. The van der Waals surface area contributed by atoms with Crippen molar-refractivity contribution in [3.05, 3.63) is 22.5 Å². The summed E-state index contributed by atoms with van der Waals surface area (Å²) in [5.41, 5.74) is 5.85. The Morgan fingerprint density at radius 2 is 2.12 bits per heavy atom. The van der Waals surface area contributed by atoms with Crippen LogP contribution in [0.4, 0.5) is 4.39 Å². The fourth-order valence-corrected chi connectivity index (χ4v) is 2.83. The lowest BCUT2D eigenvalue weighted by molar-refractivity contribution is 0.225. The molecule has 0 amide bonds. The minimum Gasteiger partial charge on any atom is -0.320 e. The maximum absolute atomic E-state index is 13.5. The standard InChI is InChI=1S/C12H19BrFN3/c1-17-4-2-9(3-5-17)16-11-7-8(13)6-10(14)12(11)15/h6-7,9,11-12,16H,2-5,15H2,1H3. The van der Waals surface area contributed by atoms with Gasteiger partial charge in [-0.05, 0) is 39.1 Å². The van der Waals surface area contributed by atoms with Crippen molar-refractivity contribution in [1.82, 2.24) is 10.2 Å². The molecule has 5 heteroatoms. The molecule has 1 fully saturated rings. The molecular formula is C12H19BrFN3. The molecule has 96 valence electrons. The van der Waals surface area contributed by atoms with Crippen molar-refractivity contribution in [3.63, 3.8) is 0 Å². The summed E-state index contributed by atoms with van der Waals surface area (Å²) in [6.45, 7) is 2.17. The van der Waals surface area contributed by atoms with Gasteiger partial charge in [-0.3, -0.25) is 0 Å². The lowest BCUT2D eigenvalue weighted by Gasteiger charge is -2.34. The van der Waals surface area contributed by atoms with E-state index in [1.165, 1.54) is 6.08 Å². The number of halogens is 2. The number of allylic oxidation sites excluding steroid dienone is 2. The van der Waals surface area contributed by atoms with Gasteiger partial charge >= 0.3 is 0 Å². The first-order valence-corrected chi connectivity index (χ1v) is 6.80. The lowest BCUT2D eigenvalue weighted by Crippen LogP contribution is -2.52. The predicted octanol–water partition coefficient (Wildman–Crippen LogP) is 1.51. The molecule has 17 heavy (non-hydrogen) atoms. The van der Waals surface area contributed by atoms with Gasteiger partial charge in [-0.25, -0.2) is 4.39 Å². The topological polar surface area (TPSA) is 41.3 Å². The molecule has 3 N–H and O–H groups in total. The number of hydrogen-bond donors (Lipinski definition) is 2. The van der Waals surface area contributed by atoms with Gasteiger partial charge in [0.05, 0.1) is 6.04 Å². The van der Waals surface area contributed by atoms with E-state index in [0.29, 0.717) is 6.04 Å². The van der Waals surface area contributed by atoms with Crippen LogP contribution in [0.15, 0.2) is 22.5 Å². The number of nitrogens with one attached hydrogen (secondary N) is 1. The molecule has 0 bridgehead atoms. The van der Waals surface area contributed by atoms with Crippen molar-refractivity contribution in [1.29, 1.82) is 0 Å². The largest absolute Gasteiger partial charge is 0.320 e. The quantitative estimate of drug-likeness (QED) is 0.812. The van der Waals surface area contributed by atoms with Gasteiger partial charge in [0.25, 0.3) is 0 Å². The predicted molar refractivity (Wildman–Crippen MR) is 71.6 cm³/mol. The molecule has 1 aliphatic carbocycles. The number of likely N-dealkylation sites (tertiary alicyclic amines) is 1. The van der Waals surface area contributed by atoms with Crippen LogP contribution in [0, 0.1) is 0 Å². The molecule has 2 rings (SSSR count). The highest BCUT2D eigenvalue weighted by molar-refractivity contribution is 9.11. The minimum atomic E-state index is -0.559. The first-order chi connectivity index (χ1) is 8.06. The second kappa shape index (κ2) is 5.61. The Morgan fingerprint density at radius 1 is 1.47 bits per heavy atom. The highest BCUT2D eigenvalue weighted by atomic mass is 79.9. The van der Waals surface area contributed by atoms with Crippen molar-refractivity contribution < 1.29 is 4.39 Å². The molecule has 0 aromatic heterocycles. The first kappa shape index (κ1) is 13.2. The Balaban J connectivity index is 1.93. The summed E-state index contributed by atoms with van der Waals surface area (Å²) in [5.74, 6) is -0.259. The van der Waals surface area contributed by atoms with Crippen LogP contribution in [-0.2, 0) is 0 Å². The summed E-state index contributed by atoms with van der Waals surface area (Å²) in [4.78, 5) is 2.31. The highest BCUT2D eigenvalue weighted by Gasteiger charge is 2.27. The monoisotopic (exact) mass is 303 g/mol. The fourth-order valence-electron chi connectivity index (χ4n) is 2.32. The second-order valence-corrected chi connectivity index (χ2v) is 5.79. The maximum Gasteiger partial charge on any atom is 0.120 e. The van der Waals surface area contributed by atoms with Gasteiger partial charge in [-0.1, -0.05) is 22.0 Å². The van der Waals surface area contributed by atoms with E-state index in [4.69, 9.17) is 5.73 Å². The van der Waals surface area contributed by atoms with Gasteiger partial charge in [0.1, 0.15) is 5.83 Å². The molecule has 0 spiro atoms. The Kier molecular flexibility index (Phi) is 4.36. The van der Waals surface area contributed by atoms with Crippen molar-refractivity contribution >= 4 is 15.9 Å². The lowest BCUT2D eigenvalue weighted by atomic mass is 9.98. The zero-order valence-corrected chi connectivity index (χ0v) is 11.6. The summed E-state index contributed by atoms with van der Waals surface area (Å²) in [5, 5.41) is 3.45. The SMILES string of the molecule is CN1CCC(NC2C=C(Br)C=C(F)C2N)CC1. The van der Waals surface area contributed by atoms with Crippen LogP contribution in [0.5, 0.6) is 0 Å². The van der Waals surface area contributed by atoms with Crippen LogP contribution in [0.3, 0.4) is 0 Å². The van der Waals surface area contributed by atoms with Crippen molar-refractivity contribution in [2.75, 3.05) is 20.1 Å². The summed E-state index contributed by atoms with van der Waals surface area (Å²) in [6, 6.07) is -0.233. The zero-order valence-electron chi connectivity index (χ0n) is 10.00. The van der Waals surface area contributed by atoms with Crippen LogP contribution in [0.1, 0.15) is 12.8 Å². The Labute approximate surface area is 110 Å². The van der Waals surface area contributed by atoms with E-state index in [0.717, 1.165) is 30.4 Å². The van der Waals surface area contributed by atoms with E-state index in [-0.39, 0.29) is 11.9 Å². The number of piperidine rings is 1. The second-order valence-electron chi connectivity index (χ2n) is 4.88. The van der Waals surface area contributed by atoms with Crippen molar-refractivity contribution in [2.45, 2.75) is 31.0 Å². The molecule has 1 aliphatic heterocycles. The summed E-state index contributed by atoms with van der Waals surface area (Å²) < 4.78 is 14.3. The molecule has 0 aromatic carbocycles. The molecule has 3 nitrogen and oxygen atoms in total. The third-order valence-corrected chi connectivity index (χ3v) is 3.96. The molecule has 2 aliphatic rings. The summed E-state index contributed by atoms with van der Waals surface area (Å²) in [7, 11) is 2.13. The normalized spacial score (nSPS) is 32.2. The van der Waals surface area contributed by atoms with Crippen LogP contribution < -0.4 is 11.1 Å². The number of nitrogens with zero attached hydrogens (tertiary/aromatic N) is 1. The molecule has 2 unspecified atom stereocenters. The molecule has 0 aromatic rings. The highest BCUT2D eigenvalue weighted by Crippen LogP contribution is 2.23. The zero-order chi connectivity index (χ0) is 12.4. The average molecular weight is 304 g/mol. The van der Waals surface area contributed by atoms with Gasteiger partial charge in [0.2, 0.25) is 0 Å².